The minimum absolute atomic E-state index is 0.140. The number of nitrogens with zero attached hydrogens (tertiary/aromatic N) is 1. The highest BCUT2D eigenvalue weighted by molar-refractivity contribution is 9.10. The van der Waals surface area contributed by atoms with Gasteiger partial charge in [-0.25, -0.2) is 0 Å². The summed E-state index contributed by atoms with van der Waals surface area (Å²) in [5.74, 6) is -0.349. The second kappa shape index (κ2) is 5.56. The number of hydrogen-bond donors (Lipinski definition) is 0. The number of ketones is 1. The van der Waals surface area contributed by atoms with Gasteiger partial charge < -0.3 is 4.90 Å². The molecule has 0 aromatic heterocycles. The van der Waals surface area contributed by atoms with Gasteiger partial charge in [0.2, 0.25) is 0 Å². The van der Waals surface area contributed by atoms with Crippen molar-refractivity contribution in [3.8, 4) is 0 Å². The van der Waals surface area contributed by atoms with E-state index in [4.69, 9.17) is 0 Å². The van der Waals surface area contributed by atoms with Crippen LogP contribution in [0.15, 0.2) is 34.9 Å². The van der Waals surface area contributed by atoms with Crippen LogP contribution in [0.4, 0.5) is 13.2 Å². The van der Waals surface area contributed by atoms with Crippen molar-refractivity contribution in [1.82, 2.24) is 4.90 Å². The van der Waals surface area contributed by atoms with Crippen LogP contribution in [-0.2, 0) is 6.18 Å². The number of carbonyl (C=O) groups is 1. The fourth-order valence-corrected chi connectivity index (χ4v) is 1.81. The Labute approximate surface area is 111 Å². The zero-order chi connectivity index (χ0) is 13.9. The predicted octanol–water partition coefficient (Wildman–Crippen LogP) is 3.73. The summed E-state index contributed by atoms with van der Waals surface area (Å²) in [6, 6.07) is 3.22. The van der Waals surface area contributed by atoms with Crippen LogP contribution in [0.3, 0.4) is 0 Å². The fourth-order valence-electron chi connectivity index (χ4n) is 1.21. The van der Waals surface area contributed by atoms with Gasteiger partial charge in [-0.05, 0) is 12.1 Å². The zero-order valence-electron chi connectivity index (χ0n) is 9.75. The lowest BCUT2D eigenvalue weighted by atomic mass is 10.1. The van der Waals surface area contributed by atoms with Gasteiger partial charge in [0.1, 0.15) is 0 Å². The molecule has 1 rings (SSSR count). The van der Waals surface area contributed by atoms with Gasteiger partial charge >= 0.3 is 6.18 Å². The number of halogens is 4. The van der Waals surface area contributed by atoms with Crippen molar-refractivity contribution in [2.75, 3.05) is 14.1 Å². The van der Waals surface area contributed by atoms with Gasteiger partial charge in [-0.3, -0.25) is 4.79 Å². The molecule has 6 heteroatoms. The van der Waals surface area contributed by atoms with E-state index in [1.165, 1.54) is 18.3 Å². The maximum absolute atomic E-state index is 12.5. The predicted molar refractivity (Wildman–Crippen MR) is 66.3 cm³/mol. The molecule has 0 spiro atoms. The molecule has 0 saturated heterocycles. The third kappa shape index (κ3) is 3.87. The van der Waals surface area contributed by atoms with Crippen LogP contribution in [0.5, 0.6) is 0 Å². The first kappa shape index (κ1) is 14.8. The van der Waals surface area contributed by atoms with Crippen molar-refractivity contribution >= 4 is 21.7 Å². The largest absolute Gasteiger partial charge is 0.417 e. The van der Waals surface area contributed by atoms with Gasteiger partial charge in [-0.1, -0.05) is 22.0 Å². The van der Waals surface area contributed by atoms with Crippen LogP contribution in [0.25, 0.3) is 0 Å². The molecule has 0 atom stereocenters. The fraction of sp³-hybridized carbons (Fsp3) is 0.250. The normalized spacial score (nSPS) is 11.9. The smallest absolute Gasteiger partial charge is 0.383 e. The van der Waals surface area contributed by atoms with E-state index in [-0.39, 0.29) is 15.8 Å². The van der Waals surface area contributed by atoms with Gasteiger partial charge in [0.15, 0.2) is 5.78 Å². The second-order valence-corrected chi connectivity index (χ2v) is 4.69. The van der Waals surface area contributed by atoms with Crippen molar-refractivity contribution in [2.45, 2.75) is 6.18 Å². The summed E-state index contributed by atoms with van der Waals surface area (Å²) in [6.07, 6.45) is -1.59. The van der Waals surface area contributed by atoms with E-state index in [0.717, 1.165) is 12.1 Å². The Morgan fingerprint density at radius 3 is 2.39 bits per heavy atom. The van der Waals surface area contributed by atoms with Crippen LogP contribution < -0.4 is 0 Å². The third-order valence-electron chi connectivity index (χ3n) is 2.08. The molecule has 0 heterocycles. The molecular weight excluding hydrogens is 311 g/mol. The first-order valence-electron chi connectivity index (χ1n) is 4.97. The van der Waals surface area contributed by atoms with E-state index in [1.807, 2.05) is 0 Å². The zero-order valence-corrected chi connectivity index (χ0v) is 11.3. The molecule has 18 heavy (non-hydrogen) atoms. The lowest BCUT2D eigenvalue weighted by Crippen LogP contribution is -2.07. The molecule has 0 unspecified atom stereocenters. The SMILES string of the molecule is CN(C)/C=C/C(=O)c1ccc(C(F)(F)F)c(Br)c1. The number of carbonyl (C=O) groups excluding carboxylic acids is 1. The molecule has 0 aliphatic heterocycles. The highest BCUT2D eigenvalue weighted by Gasteiger charge is 2.32. The van der Waals surface area contributed by atoms with Crippen molar-refractivity contribution in [2.24, 2.45) is 0 Å². The number of alkyl halides is 3. The summed E-state index contributed by atoms with van der Waals surface area (Å²) >= 11 is 2.82. The van der Waals surface area contributed by atoms with Gasteiger partial charge in [0.25, 0.3) is 0 Å². The van der Waals surface area contributed by atoms with Crippen LogP contribution in [0.1, 0.15) is 15.9 Å². The molecule has 0 bridgehead atoms. The number of benzene rings is 1. The standard InChI is InChI=1S/C12H11BrF3NO/c1-17(2)6-5-11(18)8-3-4-9(10(13)7-8)12(14,15)16/h3-7H,1-2H3/b6-5+. The molecule has 0 amide bonds. The van der Waals surface area contributed by atoms with E-state index in [0.29, 0.717) is 0 Å². The summed E-state index contributed by atoms with van der Waals surface area (Å²) in [6.45, 7) is 0. The van der Waals surface area contributed by atoms with Gasteiger partial charge in [-0.15, -0.1) is 0 Å². The molecule has 2 nitrogen and oxygen atoms in total. The number of rotatable bonds is 3. The van der Waals surface area contributed by atoms with Crippen molar-refractivity contribution in [1.29, 1.82) is 0 Å². The topological polar surface area (TPSA) is 20.3 Å². The summed E-state index contributed by atoms with van der Waals surface area (Å²) < 4.78 is 37.4. The average Bonchev–Trinajstić information content (AvgIpc) is 2.23. The molecular formula is C12H11BrF3NO. The Hall–Kier alpha value is -1.30. The third-order valence-corrected chi connectivity index (χ3v) is 2.74. The van der Waals surface area contributed by atoms with E-state index in [9.17, 15) is 18.0 Å². The minimum Gasteiger partial charge on any atom is -0.383 e. The highest BCUT2D eigenvalue weighted by Crippen LogP contribution is 2.35. The van der Waals surface area contributed by atoms with Crippen LogP contribution in [0.2, 0.25) is 0 Å². The molecule has 0 aliphatic carbocycles. The maximum Gasteiger partial charge on any atom is 0.417 e. The number of hydrogen-bond acceptors (Lipinski definition) is 2. The van der Waals surface area contributed by atoms with Gasteiger partial charge in [0, 0.05) is 36.4 Å². The van der Waals surface area contributed by atoms with Crippen molar-refractivity contribution in [3.05, 3.63) is 46.1 Å². The lowest BCUT2D eigenvalue weighted by Gasteiger charge is -2.09. The molecule has 1 aromatic carbocycles. The Kier molecular flexibility index (Phi) is 4.56. The molecule has 1 aromatic rings. The molecule has 0 saturated carbocycles. The van der Waals surface area contributed by atoms with Gasteiger partial charge in [-0.2, -0.15) is 13.2 Å². The molecule has 0 radical (unpaired) electrons. The van der Waals surface area contributed by atoms with Crippen molar-refractivity contribution in [3.63, 3.8) is 0 Å². The highest BCUT2D eigenvalue weighted by atomic mass is 79.9. The Balaban J connectivity index is 3.02. The van der Waals surface area contributed by atoms with E-state index in [1.54, 1.807) is 19.0 Å². The monoisotopic (exact) mass is 321 g/mol. The maximum atomic E-state index is 12.5. The first-order valence-corrected chi connectivity index (χ1v) is 5.77. The van der Waals surface area contributed by atoms with Crippen LogP contribution in [-0.4, -0.2) is 24.8 Å². The average molecular weight is 322 g/mol. The quantitative estimate of drug-likeness (QED) is 0.624. The first-order chi connectivity index (χ1) is 8.21. The summed E-state index contributed by atoms with van der Waals surface area (Å²) in [5, 5.41) is 0. The lowest BCUT2D eigenvalue weighted by molar-refractivity contribution is -0.138. The molecule has 0 fully saturated rings. The van der Waals surface area contributed by atoms with Crippen LogP contribution in [0, 0.1) is 0 Å². The Morgan fingerprint density at radius 2 is 1.94 bits per heavy atom. The second-order valence-electron chi connectivity index (χ2n) is 3.84. The Morgan fingerprint density at radius 1 is 1.33 bits per heavy atom. The molecule has 0 N–H and O–H groups in total. The van der Waals surface area contributed by atoms with E-state index in [2.05, 4.69) is 15.9 Å². The van der Waals surface area contributed by atoms with Crippen molar-refractivity contribution < 1.29 is 18.0 Å². The summed E-state index contributed by atoms with van der Waals surface area (Å²) in [5.41, 5.74) is -0.594. The summed E-state index contributed by atoms with van der Waals surface area (Å²) in [7, 11) is 3.49. The Bertz CT molecular complexity index is 481. The summed E-state index contributed by atoms with van der Waals surface area (Å²) in [4.78, 5) is 13.3. The molecule has 0 aliphatic rings. The number of allylic oxidation sites excluding steroid dienone is 1. The van der Waals surface area contributed by atoms with E-state index >= 15 is 0 Å². The van der Waals surface area contributed by atoms with Gasteiger partial charge in [0.05, 0.1) is 5.56 Å². The van der Waals surface area contributed by atoms with E-state index < -0.39 is 11.7 Å². The van der Waals surface area contributed by atoms with Crippen LogP contribution >= 0.6 is 15.9 Å². The molecule has 98 valence electrons. The minimum atomic E-state index is -4.43.